The quantitative estimate of drug-likeness (QED) is 0.349. The van der Waals surface area contributed by atoms with Crippen LogP contribution in [0.1, 0.15) is 40.5 Å². The van der Waals surface area contributed by atoms with Gasteiger partial charge in [-0.25, -0.2) is 0 Å². The molecule has 0 aliphatic carbocycles. The van der Waals surface area contributed by atoms with Gasteiger partial charge in [0.25, 0.3) is 5.91 Å². The number of carbonyl (C=O) groups excluding carboxylic acids is 3. The van der Waals surface area contributed by atoms with Gasteiger partial charge in [-0.2, -0.15) is 0 Å². The standard InChI is InChI=1S/C28H37ClN2O5S/c1-6-13-30(19-11-9-18(29)10-12-19)26(34)24-28-17(5)14-21(37-28)22(27(35)36-8-3)23(28)25(33)31(24)20(15-32)16(4)7-2/h6,9-12,16-17,20-24,32H,1,7-8,13-15H2,2-5H3/t16-,17?,20-,21-,22+,23-,24?,28?/m0/s1. The number of rotatable bonds is 10. The molecule has 3 aliphatic heterocycles. The third-order valence-electron chi connectivity index (χ3n) is 8.54. The van der Waals surface area contributed by atoms with E-state index in [2.05, 4.69) is 13.5 Å². The van der Waals surface area contributed by atoms with Gasteiger partial charge in [0.2, 0.25) is 5.91 Å². The molecular weight excluding hydrogens is 512 g/mol. The number of hydrogen-bond acceptors (Lipinski definition) is 6. The van der Waals surface area contributed by atoms with Gasteiger partial charge < -0.3 is 19.6 Å². The Morgan fingerprint density at radius 1 is 1.35 bits per heavy atom. The number of anilines is 1. The largest absolute Gasteiger partial charge is 0.466 e. The molecule has 37 heavy (non-hydrogen) atoms. The molecule has 9 heteroatoms. The molecule has 2 bridgehead atoms. The molecule has 3 saturated heterocycles. The molecule has 1 aromatic carbocycles. The number of hydrogen-bond donors (Lipinski definition) is 1. The highest BCUT2D eigenvalue weighted by Gasteiger charge is 2.77. The van der Waals surface area contributed by atoms with Gasteiger partial charge in [-0.3, -0.25) is 14.4 Å². The minimum absolute atomic E-state index is 0.0214. The number of fused-ring (bicyclic) bond motifs is 1. The number of halogens is 1. The Hall–Kier alpha value is -2.03. The van der Waals surface area contributed by atoms with Gasteiger partial charge in [-0.05, 0) is 49.4 Å². The maximum atomic E-state index is 14.6. The number of likely N-dealkylation sites (tertiary alicyclic amines) is 1. The fraction of sp³-hybridized carbons (Fsp3) is 0.607. The number of aliphatic hydroxyl groups is 1. The van der Waals surface area contributed by atoms with Crippen LogP contribution in [0.2, 0.25) is 5.02 Å². The molecule has 3 unspecified atom stereocenters. The van der Waals surface area contributed by atoms with Crippen LogP contribution in [0.25, 0.3) is 0 Å². The summed E-state index contributed by atoms with van der Waals surface area (Å²) in [6.45, 7) is 11.9. The predicted octanol–water partition coefficient (Wildman–Crippen LogP) is 4.17. The first-order valence-electron chi connectivity index (χ1n) is 13.1. The molecule has 202 valence electrons. The highest BCUT2D eigenvalue weighted by Crippen LogP contribution is 2.69. The lowest BCUT2D eigenvalue weighted by atomic mass is 9.66. The minimum atomic E-state index is -0.837. The van der Waals surface area contributed by atoms with Crippen molar-refractivity contribution in [3.05, 3.63) is 41.9 Å². The van der Waals surface area contributed by atoms with E-state index in [1.807, 2.05) is 13.8 Å². The minimum Gasteiger partial charge on any atom is -0.466 e. The summed E-state index contributed by atoms with van der Waals surface area (Å²) < 4.78 is 4.64. The summed E-state index contributed by atoms with van der Waals surface area (Å²) in [7, 11) is 0. The van der Waals surface area contributed by atoms with Crippen LogP contribution in [0.3, 0.4) is 0 Å². The van der Waals surface area contributed by atoms with E-state index in [0.717, 1.165) is 12.8 Å². The van der Waals surface area contributed by atoms with E-state index >= 15 is 0 Å². The molecule has 7 nitrogen and oxygen atoms in total. The number of amides is 2. The van der Waals surface area contributed by atoms with Crippen molar-refractivity contribution in [3.8, 4) is 0 Å². The molecule has 1 N–H and O–H groups in total. The molecule has 2 amide bonds. The molecule has 3 fully saturated rings. The van der Waals surface area contributed by atoms with Crippen LogP contribution in [-0.2, 0) is 19.1 Å². The van der Waals surface area contributed by atoms with Crippen molar-refractivity contribution in [2.24, 2.45) is 23.7 Å². The number of ether oxygens (including phenoxy) is 1. The highest BCUT2D eigenvalue weighted by atomic mass is 35.5. The Morgan fingerprint density at radius 2 is 2.03 bits per heavy atom. The summed E-state index contributed by atoms with van der Waals surface area (Å²) in [5.74, 6) is -2.13. The van der Waals surface area contributed by atoms with E-state index in [1.165, 1.54) is 0 Å². The van der Waals surface area contributed by atoms with Crippen molar-refractivity contribution in [2.45, 2.75) is 62.6 Å². The Morgan fingerprint density at radius 3 is 2.59 bits per heavy atom. The van der Waals surface area contributed by atoms with Crippen LogP contribution in [0, 0.1) is 23.7 Å². The average Bonchev–Trinajstić information content (AvgIpc) is 3.47. The Balaban J connectivity index is 1.87. The molecule has 3 aliphatic rings. The zero-order chi connectivity index (χ0) is 27.1. The van der Waals surface area contributed by atoms with E-state index in [0.29, 0.717) is 10.7 Å². The van der Waals surface area contributed by atoms with E-state index in [9.17, 15) is 19.5 Å². The van der Waals surface area contributed by atoms with Crippen LogP contribution in [0.15, 0.2) is 36.9 Å². The fourth-order valence-corrected chi connectivity index (χ4v) is 9.15. The zero-order valence-electron chi connectivity index (χ0n) is 21.9. The second kappa shape index (κ2) is 11.0. The van der Waals surface area contributed by atoms with E-state index in [-0.39, 0.29) is 54.6 Å². The van der Waals surface area contributed by atoms with E-state index in [1.54, 1.807) is 58.8 Å². The molecule has 1 spiro atoms. The number of thioether (sulfide) groups is 1. The van der Waals surface area contributed by atoms with Crippen molar-refractivity contribution < 1.29 is 24.2 Å². The first-order valence-corrected chi connectivity index (χ1v) is 14.4. The Kier molecular flexibility index (Phi) is 8.31. The second-order valence-corrected chi connectivity index (χ2v) is 12.4. The average molecular weight is 549 g/mol. The molecular formula is C28H37ClN2O5S. The van der Waals surface area contributed by atoms with Crippen molar-refractivity contribution in [2.75, 3.05) is 24.7 Å². The SMILES string of the molecule is C=CCN(C(=O)C1N([C@@H](CO)[C@@H](C)CC)C(=O)[C@@H]2[C@H](C(=O)OCC)[C@@H]3CC(C)C12S3)c1ccc(Cl)cc1. The van der Waals surface area contributed by atoms with Crippen molar-refractivity contribution in [3.63, 3.8) is 0 Å². The van der Waals surface area contributed by atoms with Crippen LogP contribution in [-0.4, -0.2) is 69.6 Å². The Bertz CT molecular complexity index is 1050. The summed E-state index contributed by atoms with van der Waals surface area (Å²) >= 11 is 7.72. The normalized spacial score (nSPS) is 31.7. The fourth-order valence-electron chi connectivity index (χ4n) is 6.64. The topological polar surface area (TPSA) is 87.2 Å². The molecule has 4 rings (SSSR count). The third-order valence-corrected chi connectivity index (χ3v) is 10.9. The van der Waals surface area contributed by atoms with E-state index in [4.69, 9.17) is 16.3 Å². The van der Waals surface area contributed by atoms with Gasteiger partial charge in [0.1, 0.15) is 6.04 Å². The summed E-state index contributed by atoms with van der Waals surface area (Å²) in [5.41, 5.74) is 0.651. The van der Waals surface area contributed by atoms with Gasteiger partial charge in [-0.15, -0.1) is 18.3 Å². The number of carbonyl (C=O) groups is 3. The zero-order valence-corrected chi connectivity index (χ0v) is 23.5. The van der Waals surface area contributed by atoms with Crippen LogP contribution in [0.4, 0.5) is 5.69 Å². The molecule has 0 aromatic heterocycles. The van der Waals surface area contributed by atoms with Gasteiger partial charge in [0.15, 0.2) is 0 Å². The number of nitrogens with zero attached hydrogens (tertiary/aromatic N) is 2. The third kappa shape index (κ3) is 4.39. The number of esters is 1. The lowest BCUT2D eigenvalue weighted by molar-refractivity contribution is -0.154. The maximum absolute atomic E-state index is 14.6. The van der Waals surface area contributed by atoms with Crippen molar-refractivity contribution in [1.82, 2.24) is 4.90 Å². The summed E-state index contributed by atoms with van der Waals surface area (Å²) in [4.78, 5) is 45.4. The van der Waals surface area contributed by atoms with E-state index < -0.39 is 28.7 Å². The molecule has 0 saturated carbocycles. The lowest BCUT2D eigenvalue weighted by Gasteiger charge is -2.43. The first-order chi connectivity index (χ1) is 17.7. The van der Waals surface area contributed by atoms with Gasteiger partial charge in [-0.1, -0.05) is 44.9 Å². The number of benzene rings is 1. The number of aliphatic hydroxyl groups excluding tert-OH is 1. The van der Waals surface area contributed by atoms with Crippen LogP contribution in [0.5, 0.6) is 0 Å². The van der Waals surface area contributed by atoms with Gasteiger partial charge in [0.05, 0.1) is 35.8 Å². The molecule has 3 heterocycles. The summed E-state index contributed by atoms with van der Waals surface area (Å²) in [6, 6.07) is 5.63. The molecule has 0 radical (unpaired) electrons. The summed E-state index contributed by atoms with van der Waals surface area (Å²) in [6.07, 6.45) is 3.11. The summed E-state index contributed by atoms with van der Waals surface area (Å²) in [5, 5.41) is 11.0. The maximum Gasteiger partial charge on any atom is 0.310 e. The first kappa shape index (κ1) is 28.0. The monoisotopic (exact) mass is 548 g/mol. The Labute approximate surface area is 228 Å². The highest BCUT2D eigenvalue weighted by molar-refractivity contribution is 8.02. The van der Waals surface area contributed by atoms with Crippen LogP contribution >= 0.6 is 23.4 Å². The van der Waals surface area contributed by atoms with Crippen LogP contribution < -0.4 is 4.90 Å². The van der Waals surface area contributed by atoms with Crippen molar-refractivity contribution in [1.29, 1.82) is 0 Å². The second-order valence-electron chi connectivity index (χ2n) is 10.4. The predicted molar refractivity (Wildman–Crippen MR) is 146 cm³/mol. The lowest BCUT2D eigenvalue weighted by Crippen LogP contribution is -2.60. The van der Waals surface area contributed by atoms with Crippen molar-refractivity contribution >= 4 is 46.8 Å². The molecule has 8 atom stereocenters. The van der Waals surface area contributed by atoms with Gasteiger partial charge in [0, 0.05) is 22.5 Å². The smallest absolute Gasteiger partial charge is 0.310 e. The molecule has 1 aromatic rings. The van der Waals surface area contributed by atoms with Gasteiger partial charge >= 0.3 is 5.97 Å².